The Kier molecular flexibility index (Phi) is 16.4. The molecule has 0 aromatic heterocycles. The average Bonchev–Trinajstić information content (AvgIpc) is 2.84. The second-order valence-electron chi connectivity index (χ2n) is 7.82. The largest absolute Gasteiger partial charge is 0.251 e. The molecular weight excluding hydrogens is 415 g/mol. The summed E-state index contributed by atoms with van der Waals surface area (Å²) >= 11 is 0. The lowest BCUT2D eigenvalue weighted by Crippen LogP contribution is -1.92. The van der Waals surface area contributed by atoms with Crippen LogP contribution in [0, 0.1) is 31.6 Å². The quantitative estimate of drug-likeness (QED) is 0.177. The summed E-state index contributed by atoms with van der Waals surface area (Å²) < 4.78 is 12.2. The van der Waals surface area contributed by atoms with Crippen molar-refractivity contribution >= 4 is 11.1 Å². The molecule has 0 unspecified atom stereocenters. The van der Waals surface area contributed by atoms with Gasteiger partial charge in [-0.25, -0.2) is 0 Å². The van der Waals surface area contributed by atoms with Crippen LogP contribution >= 0.6 is 0 Å². The topological polar surface area (TPSA) is 0 Å². The highest BCUT2D eigenvalue weighted by Crippen LogP contribution is 2.27. The fourth-order valence-corrected chi connectivity index (χ4v) is 3.32. The van der Waals surface area contributed by atoms with Gasteiger partial charge in [0.25, 0.3) is 0 Å². The van der Waals surface area contributed by atoms with Crippen molar-refractivity contribution in [1.29, 1.82) is 0 Å². The van der Waals surface area contributed by atoms with E-state index < -0.39 is 0 Å². The van der Waals surface area contributed by atoms with E-state index in [4.69, 9.17) is 12.8 Å². The molecule has 1 heteroatoms. The first kappa shape index (κ1) is 30.7. The molecule has 0 N–H and O–H groups in total. The van der Waals surface area contributed by atoms with Crippen LogP contribution in [0.15, 0.2) is 78.0 Å². The van der Waals surface area contributed by atoms with Crippen molar-refractivity contribution in [2.75, 3.05) is 6.67 Å². The minimum atomic E-state index is -0.319. The van der Waals surface area contributed by atoms with Crippen LogP contribution in [0.1, 0.15) is 77.0 Å². The van der Waals surface area contributed by atoms with Gasteiger partial charge in [-0.15, -0.1) is 24.7 Å². The summed E-state index contributed by atoms with van der Waals surface area (Å²) in [6, 6.07) is 6.45. The highest BCUT2D eigenvalue weighted by Gasteiger charge is 2.07. The second kappa shape index (κ2) is 18.2. The number of rotatable bonds is 11. The molecule has 0 fully saturated rings. The van der Waals surface area contributed by atoms with E-state index >= 15 is 0 Å². The Morgan fingerprint density at radius 1 is 1.06 bits per heavy atom. The van der Waals surface area contributed by atoms with Crippen LogP contribution in [0.5, 0.6) is 0 Å². The molecule has 0 aliphatic heterocycles. The zero-order valence-electron chi connectivity index (χ0n) is 22.0. The second-order valence-corrected chi connectivity index (χ2v) is 7.82. The van der Waals surface area contributed by atoms with Crippen LogP contribution < -0.4 is 0 Å². The molecule has 0 bridgehead atoms. The minimum absolute atomic E-state index is 0.319. The van der Waals surface area contributed by atoms with E-state index in [1.807, 2.05) is 39.0 Å². The van der Waals surface area contributed by atoms with E-state index in [9.17, 15) is 4.39 Å². The lowest BCUT2D eigenvalue weighted by atomic mass is 9.93. The SMILES string of the molecule is C#CC/C(=C\C=C(/C)C/C=C\CCF)C(=C)/C=C(\C)c1ccc(/C(=C/C)CC#C)c(C)c1.CC. The molecular formula is C33H41F. The highest BCUT2D eigenvalue weighted by molar-refractivity contribution is 5.74. The molecule has 0 amide bonds. The van der Waals surface area contributed by atoms with Crippen molar-refractivity contribution in [3.63, 3.8) is 0 Å². The molecule has 0 nitrogen and oxygen atoms in total. The Bertz CT molecular complexity index is 1020. The van der Waals surface area contributed by atoms with Crippen molar-refractivity contribution in [3.8, 4) is 24.7 Å². The summed E-state index contributed by atoms with van der Waals surface area (Å²) in [6.45, 7) is 16.2. The van der Waals surface area contributed by atoms with Crippen LogP contribution in [0.25, 0.3) is 11.1 Å². The van der Waals surface area contributed by atoms with Crippen molar-refractivity contribution in [1.82, 2.24) is 0 Å². The zero-order chi connectivity index (χ0) is 25.9. The Morgan fingerprint density at radius 3 is 2.29 bits per heavy atom. The molecule has 1 aromatic carbocycles. The molecule has 1 rings (SSSR count). The third kappa shape index (κ3) is 11.0. The highest BCUT2D eigenvalue weighted by atomic mass is 19.1. The number of aryl methyl sites for hydroxylation is 1. The summed E-state index contributed by atoms with van der Waals surface area (Å²) in [5.41, 5.74) is 8.93. The number of halogens is 1. The monoisotopic (exact) mass is 456 g/mol. The average molecular weight is 457 g/mol. The van der Waals surface area contributed by atoms with Gasteiger partial charge < -0.3 is 0 Å². The molecule has 0 radical (unpaired) electrons. The van der Waals surface area contributed by atoms with Gasteiger partial charge in [-0.1, -0.05) is 80.7 Å². The van der Waals surface area contributed by atoms with Gasteiger partial charge in [0.05, 0.1) is 6.67 Å². The van der Waals surface area contributed by atoms with Gasteiger partial charge in [0.2, 0.25) is 0 Å². The molecule has 0 saturated heterocycles. The summed E-state index contributed by atoms with van der Waals surface area (Å²) in [5.74, 6) is 5.46. The van der Waals surface area contributed by atoms with Crippen LogP contribution in [0.2, 0.25) is 0 Å². The van der Waals surface area contributed by atoms with E-state index in [1.54, 1.807) is 0 Å². The zero-order valence-corrected chi connectivity index (χ0v) is 22.0. The summed E-state index contributed by atoms with van der Waals surface area (Å²) in [4.78, 5) is 0. The first-order valence-electron chi connectivity index (χ1n) is 12.0. The van der Waals surface area contributed by atoms with Crippen LogP contribution in [-0.4, -0.2) is 6.67 Å². The van der Waals surface area contributed by atoms with E-state index in [0.717, 1.165) is 28.7 Å². The number of hydrogen-bond acceptors (Lipinski definition) is 0. The van der Waals surface area contributed by atoms with Gasteiger partial charge in [-0.3, -0.25) is 4.39 Å². The van der Waals surface area contributed by atoms with Crippen molar-refractivity contribution in [2.24, 2.45) is 0 Å². The number of allylic oxidation sites excluding steroid dienone is 11. The maximum absolute atomic E-state index is 12.2. The van der Waals surface area contributed by atoms with E-state index in [1.165, 1.54) is 22.3 Å². The van der Waals surface area contributed by atoms with Crippen molar-refractivity contribution < 1.29 is 4.39 Å². The Hall–Kier alpha value is -3.29. The maximum atomic E-state index is 12.2. The predicted octanol–water partition coefficient (Wildman–Crippen LogP) is 9.61. The summed E-state index contributed by atoms with van der Waals surface area (Å²) in [5, 5.41) is 0. The lowest BCUT2D eigenvalue weighted by molar-refractivity contribution is 0.501. The first-order valence-corrected chi connectivity index (χ1v) is 12.0. The Balaban J connectivity index is 0.00000529. The fourth-order valence-electron chi connectivity index (χ4n) is 3.32. The summed E-state index contributed by atoms with van der Waals surface area (Å²) in [6.07, 6.45) is 25.6. The third-order valence-corrected chi connectivity index (χ3v) is 5.22. The molecule has 0 aliphatic rings. The van der Waals surface area contributed by atoms with Crippen LogP contribution in [0.3, 0.4) is 0 Å². The van der Waals surface area contributed by atoms with E-state index in [2.05, 4.69) is 75.6 Å². The number of alkyl halides is 1. The standard InChI is InChI=1S/C31H35F.C2H6/c1-8-14-28(10-3)31-20-19-30(23-27(31)7)26(6)22-25(5)29(15-9-2)18-17-24(4)16-12-11-13-21-32;1-2/h1-2,10-12,17-20,22-23H,5,13-16,21H2,3-4,6-7H3;1-2H3/b12-11-,24-17+,26-22+,28-10+,29-18+;. The van der Waals surface area contributed by atoms with Gasteiger partial charge in [-0.05, 0) is 79.5 Å². The number of benzene rings is 1. The maximum Gasteiger partial charge on any atom is 0.0928 e. The Morgan fingerprint density at radius 2 is 1.74 bits per heavy atom. The summed E-state index contributed by atoms with van der Waals surface area (Å²) in [7, 11) is 0. The van der Waals surface area contributed by atoms with Gasteiger partial charge in [0.1, 0.15) is 0 Å². The molecule has 0 aliphatic carbocycles. The first-order chi connectivity index (χ1) is 16.4. The van der Waals surface area contributed by atoms with Crippen molar-refractivity contribution in [3.05, 3.63) is 94.6 Å². The van der Waals surface area contributed by atoms with Crippen LogP contribution in [0.4, 0.5) is 4.39 Å². The fraction of sp³-hybridized carbons (Fsp3) is 0.333. The Labute approximate surface area is 208 Å². The molecule has 0 saturated carbocycles. The smallest absolute Gasteiger partial charge is 0.0928 e. The minimum Gasteiger partial charge on any atom is -0.251 e. The molecule has 0 atom stereocenters. The number of hydrogen-bond donors (Lipinski definition) is 0. The van der Waals surface area contributed by atoms with E-state index in [0.29, 0.717) is 19.3 Å². The van der Waals surface area contributed by atoms with Gasteiger partial charge in [0, 0.05) is 12.8 Å². The molecule has 0 heterocycles. The van der Waals surface area contributed by atoms with E-state index in [-0.39, 0.29) is 6.67 Å². The molecule has 34 heavy (non-hydrogen) atoms. The van der Waals surface area contributed by atoms with Gasteiger partial charge >= 0.3 is 0 Å². The third-order valence-electron chi connectivity index (χ3n) is 5.22. The molecule has 0 spiro atoms. The number of terminal acetylenes is 2. The lowest BCUT2D eigenvalue weighted by Gasteiger charge is -2.12. The van der Waals surface area contributed by atoms with Crippen molar-refractivity contribution in [2.45, 2.75) is 67.2 Å². The van der Waals surface area contributed by atoms with Gasteiger partial charge in [0.15, 0.2) is 0 Å². The normalized spacial score (nSPS) is 12.6. The molecule has 180 valence electrons. The molecule has 1 aromatic rings. The predicted molar refractivity (Wildman–Crippen MR) is 152 cm³/mol. The van der Waals surface area contributed by atoms with Gasteiger partial charge in [-0.2, -0.15) is 0 Å². The van der Waals surface area contributed by atoms with Crippen LogP contribution in [-0.2, 0) is 0 Å².